The molecule has 0 spiro atoms. The first-order valence-electron chi connectivity index (χ1n) is 48.7. The SMILES string of the molecule is CCCOCCOCCOCCC(=O)CCCOCCOCC.CCOCCOCCC(=O)N1CCc2cc(Cn3nc(-c4ccc5oc(N)nc5c4)c4c(N)ncnc43)ccc2C1.COCCCC(=O)O[C@@H]1CC[C@@H](C[C@@H](C)[C@@H]2CC(=O)[C@H](C)/C=C(\C)[C@@H](O)[C@@H](OC)C(=O)[C@H](C)C[C@H](C)/C=C/C=C/C=C(\C)[C@@H](OC)C[C@@H]3CC[C@@H](C)[C@@](O)(O3)C(=O)C(=O)N3CCCC[C@H]3C(=O)O2)C[C@H]1OC. The van der Waals surface area contributed by atoms with Crippen molar-refractivity contribution in [3.63, 3.8) is 0 Å². The number of piperidine rings is 1. The van der Waals surface area contributed by atoms with Gasteiger partial charge in [0.15, 0.2) is 17.0 Å². The number of esters is 2. The molecule has 34 nitrogen and oxygen atoms in total. The number of hydrogen-bond acceptors (Lipinski definition) is 31. The fourth-order valence-corrected chi connectivity index (χ4v) is 17.8. The number of aliphatic hydroxyl groups is 2. The van der Waals surface area contributed by atoms with Crippen molar-refractivity contribution in [2.75, 3.05) is 152 Å². The van der Waals surface area contributed by atoms with E-state index < -0.39 is 83.9 Å². The van der Waals surface area contributed by atoms with E-state index in [4.69, 9.17) is 87.3 Å². The molecule has 34 heteroatoms. The molecule has 2 amide bonds. The Kier molecular flexibility index (Phi) is 49.1. The molecule has 7 heterocycles. The summed E-state index contributed by atoms with van der Waals surface area (Å²) in [5.74, 6) is -7.88. The van der Waals surface area contributed by atoms with Crippen LogP contribution in [0.15, 0.2) is 94.7 Å². The van der Waals surface area contributed by atoms with Crippen molar-refractivity contribution < 1.29 is 119 Å². The maximum Gasteiger partial charge on any atom is 0.329 e. The molecule has 5 aromatic rings. The Bertz CT molecular complexity index is 4680. The predicted octanol–water partition coefficient (Wildman–Crippen LogP) is 12.6. The van der Waals surface area contributed by atoms with Crippen LogP contribution in [0, 0.1) is 35.5 Å². The molecule has 0 radical (unpaired) electrons. The number of methoxy groups -OCH3 is 4. The summed E-state index contributed by atoms with van der Waals surface area (Å²) >= 11 is 0. The number of ketones is 4. The first-order valence-corrected chi connectivity index (χ1v) is 48.7. The van der Waals surface area contributed by atoms with Crippen molar-refractivity contribution in [2.24, 2.45) is 35.5 Å². The van der Waals surface area contributed by atoms with Crippen LogP contribution in [0.3, 0.4) is 0 Å². The number of nitrogens with two attached hydrogens (primary N) is 2. The van der Waals surface area contributed by atoms with E-state index in [-0.39, 0.29) is 84.9 Å². The van der Waals surface area contributed by atoms with Crippen molar-refractivity contribution in [2.45, 2.75) is 265 Å². The third kappa shape index (κ3) is 35.1. The second kappa shape index (κ2) is 59.5. The predicted molar refractivity (Wildman–Crippen MR) is 513 cm³/mol. The van der Waals surface area contributed by atoms with Gasteiger partial charge in [-0.1, -0.05) is 96.2 Å². The minimum absolute atomic E-state index is 0.00669. The quantitative estimate of drug-likeness (QED) is 0.0122. The number of carbonyl (C=O) groups is 8. The molecule has 6 N–H and O–H groups in total. The highest BCUT2D eigenvalue weighted by molar-refractivity contribution is 6.39. The molecule has 1 aliphatic carbocycles. The highest BCUT2D eigenvalue weighted by atomic mass is 16.6. The summed E-state index contributed by atoms with van der Waals surface area (Å²) in [6.45, 7) is 29.0. The van der Waals surface area contributed by atoms with Gasteiger partial charge in [0.1, 0.15) is 65.4 Å². The number of allylic oxidation sites excluding steroid dienone is 6. The topological polar surface area (TPSA) is 434 Å². The van der Waals surface area contributed by atoms with Crippen LogP contribution in [-0.2, 0) is 124 Å². The first-order chi connectivity index (χ1) is 65.5. The molecule has 15 atom stereocenters. The Morgan fingerprint density at radius 2 is 1.38 bits per heavy atom. The number of nitrogen functional groups attached to an aromatic ring is 2. The summed E-state index contributed by atoms with van der Waals surface area (Å²) in [4.78, 5) is 124. The van der Waals surface area contributed by atoms with Crippen LogP contribution >= 0.6 is 0 Å². The lowest BCUT2D eigenvalue weighted by Gasteiger charge is -2.42. The fourth-order valence-electron chi connectivity index (χ4n) is 17.8. The number of ether oxygens (including phenoxy) is 14. The third-order valence-electron chi connectivity index (χ3n) is 25.6. The Balaban J connectivity index is 0.000000294. The number of aliphatic hydroxyl groups excluding tert-OH is 1. The molecule has 2 bridgehead atoms. The molecule has 136 heavy (non-hydrogen) atoms. The normalized spacial score (nSPS) is 25.7. The highest BCUT2D eigenvalue weighted by Crippen LogP contribution is 2.40. The number of aromatic nitrogens is 5. The molecule has 756 valence electrons. The number of Topliss-reactive ketones (excluding diaryl/α,β-unsaturated/α-hetero) is 4. The second-order valence-electron chi connectivity index (χ2n) is 36.1. The minimum Gasteiger partial charge on any atom is -0.460 e. The summed E-state index contributed by atoms with van der Waals surface area (Å²) in [5, 5.41) is 29.1. The van der Waals surface area contributed by atoms with Gasteiger partial charge < -0.3 is 102 Å². The van der Waals surface area contributed by atoms with Gasteiger partial charge in [0.2, 0.25) is 11.7 Å². The number of amides is 2. The van der Waals surface area contributed by atoms with Crippen molar-refractivity contribution >= 4 is 80.9 Å². The average molecular weight is 1910 g/mol. The largest absolute Gasteiger partial charge is 0.460 e. The van der Waals surface area contributed by atoms with Gasteiger partial charge in [-0.3, -0.25) is 33.6 Å². The number of nitrogens with zero attached hydrogens (tertiary/aromatic N) is 7. The van der Waals surface area contributed by atoms with Crippen LogP contribution in [-0.4, -0.2) is 287 Å². The average Bonchev–Trinajstić information content (AvgIpc) is 1.59. The van der Waals surface area contributed by atoms with Crippen LogP contribution in [0.2, 0.25) is 0 Å². The number of oxazole rings is 1. The highest BCUT2D eigenvalue weighted by Gasteiger charge is 2.53. The molecule has 2 saturated heterocycles. The molecular formula is C102H153N9O25. The van der Waals surface area contributed by atoms with Crippen molar-refractivity contribution in [1.29, 1.82) is 0 Å². The van der Waals surface area contributed by atoms with Gasteiger partial charge in [-0.2, -0.15) is 10.1 Å². The molecule has 3 fully saturated rings. The number of cyclic esters (lactones) is 1. The molecule has 10 rings (SSSR count). The lowest BCUT2D eigenvalue weighted by molar-refractivity contribution is -0.265. The summed E-state index contributed by atoms with van der Waals surface area (Å²) < 4.78 is 85.2. The minimum atomic E-state index is -2.45. The second-order valence-corrected chi connectivity index (χ2v) is 36.1. The summed E-state index contributed by atoms with van der Waals surface area (Å²) in [7, 11) is 6.11. The standard InChI is InChI=1S/C56H87NO15.C29H32N8O4.C17H34O6/c1-34-18-13-12-14-19-35(2)46(67-9)32-42-24-22-40(7)56(65,72-42)53(62)54(63)57-26-16-15-20-43(57)55(64)71-47(33-44(58)36(3)29-39(6)51(61)52(69-11)50(60)38(5)28-34)37(4)30-41-23-25-45(48(31-41)68-10)70-49(59)21-17-27-66-8;1-2-39-11-12-40-10-8-24(38)36-9-7-19-13-18(3-4-21(19)16-36)15-37-28-25(27(30)32-17-33-28)26(35-37)20-5-6-23-22(14-20)34-29(31)41-23;1-3-8-20-13-15-23-16-14-22-10-7-17(18)6-5-9-21-12-11-19-4-2/h12-14,18-19,29,34,36-38,40-43,45-48,51-52,61,65H,15-17,20-28,30-33H2,1-11H3;3-6,13-14,17H,2,7-12,15-16H2,1H3,(H2,31,34)(H2,30,32,33);3-16H2,1-2H3/b14-12+,18-13+,35-19+,39-29+;;/t34-,36-,37-,38-,40-,41+,42+,43+,45-,46+,47+,48-,51-,52+,56-;;/m1../s1. The van der Waals surface area contributed by atoms with Gasteiger partial charge in [0.05, 0.1) is 103 Å². The first kappa shape index (κ1) is 112. The summed E-state index contributed by atoms with van der Waals surface area (Å²) in [6.07, 6.45) is 17.1. The van der Waals surface area contributed by atoms with Crippen LogP contribution < -0.4 is 11.5 Å². The van der Waals surface area contributed by atoms with Crippen LogP contribution in [0.5, 0.6) is 0 Å². The molecule has 2 aromatic carbocycles. The third-order valence-corrected chi connectivity index (χ3v) is 25.6. The molecule has 5 aliphatic rings. The van der Waals surface area contributed by atoms with Crippen LogP contribution in [0.1, 0.15) is 208 Å². The Morgan fingerprint density at radius 3 is 2.08 bits per heavy atom. The van der Waals surface area contributed by atoms with Gasteiger partial charge in [-0.05, 0) is 181 Å². The van der Waals surface area contributed by atoms with E-state index in [1.165, 1.54) is 23.9 Å². The zero-order valence-corrected chi connectivity index (χ0v) is 82.7. The Hall–Kier alpha value is -8.98. The van der Waals surface area contributed by atoms with Crippen molar-refractivity contribution in [1.82, 2.24) is 34.5 Å². The molecule has 4 aliphatic heterocycles. The smallest absolute Gasteiger partial charge is 0.329 e. The van der Waals surface area contributed by atoms with E-state index in [1.807, 2.05) is 99.7 Å². The number of hydrogen-bond donors (Lipinski definition) is 4. The monoisotopic (exact) mass is 1900 g/mol. The van der Waals surface area contributed by atoms with E-state index in [1.54, 1.807) is 48.2 Å². The number of benzene rings is 2. The lowest BCUT2D eigenvalue weighted by Crippen LogP contribution is -2.61. The van der Waals surface area contributed by atoms with Gasteiger partial charge in [-0.15, -0.1) is 0 Å². The fraction of sp³-hybridized carbons (Fsp3) is 0.667. The summed E-state index contributed by atoms with van der Waals surface area (Å²) in [6, 6.07) is 10.9. The number of rotatable bonds is 40. The molecule has 0 unspecified atom stereocenters. The lowest BCUT2D eigenvalue weighted by atomic mass is 9.78. The number of carbonyl (C=O) groups excluding carboxylic acids is 8. The van der Waals surface area contributed by atoms with E-state index >= 15 is 0 Å². The molecular weight excluding hydrogens is 1750 g/mol. The van der Waals surface area contributed by atoms with Gasteiger partial charge in [-0.25, -0.2) is 19.4 Å². The van der Waals surface area contributed by atoms with E-state index in [9.17, 15) is 48.6 Å². The van der Waals surface area contributed by atoms with Crippen molar-refractivity contribution in [3.8, 4) is 11.3 Å². The Labute approximate surface area is 802 Å². The number of fused-ring (bicyclic) bond motifs is 6. The number of anilines is 2. The van der Waals surface area contributed by atoms with Gasteiger partial charge in [0, 0.05) is 137 Å². The van der Waals surface area contributed by atoms with Crippen molar-refractivity contribution in [3.05, 3.63) is 107 Å². The van der Waals surface area contributed by atoms with Gasteiger partial charge >= 0.3 is 11.9 Å². The van der Waals surface area contributed by atoms with Crippen LogP contribution in [0.25, 0.3) is 33.4 Å². The maximum atomic E-state index is 14.5. The zero-order chi connectivity index (χ0) is 98.6. The van der Waals surface area contributed by atoms with E-state index in [0.717, 1.165) is 48.1 Å². The Morgan fingerprint density at radius 1 is 0.684 bits per heavy atom. The summed E-state index contributed by atoms with van der Waals surface area (Å²) in [5.41, 5.74) is 20.1. The van der Waals surface area contributed by atoms with Gasteiger partial charge in [0.25, 0.3) is 17.7 Å². The molecule has 1 saturated carbocycles. The van der Waals surface area contributed by atoms with Crippen LogP contribution in [0.4, 0.5) is 11.8 Å². The maximum absolute atomic E-state index is 14.5. The van der Waals surface area contributed by atoms with E-state index in [2.05, 4.69) is 40.1 Å². The molecule has 3 aromatic heterocycles. The van der Waals surface area contributed by atoms with E-state index in [0.29, 0.717) is 241 Å². The zero-order valence-electron chi connectivity index (χ0n) is 82.7.